The molecular formula is C17H28N2. The Morgan fingerprint density at radius 3 is 2.63 bits per heavy atom. The van der Waals surface area contributed by atoms with E-state index in [-0.39, 0.29) is 0 Å². The molecule has 2 nitrogen and oxygen atoms in total. The molecule has 1 N–H and O–H groups in total. The molecule has 2 rings (SSSR count). The van der Waals surface area contributed by atoms with Gasteiger partial charge >= 0.3 is 0 Å². The first-order valence-electron chi connectivity index (χ1n) is 7.91. The topological polar surface area (TPSA) is 15.3 Å². The second-order valence-corrected chi connectivity index (χ2v) is 5.75. The maximum Gasteiger partial charge on any atom is 0.0602 e. The minimum absolute atomic E-state index is 0.561. The van der Waals surface area contributed by atoms with Crippen LogP contribution in [-0.4, -0.2) is 19.1 Å². The molecule has 106 valence electrons. The summed E-state index contributed by atoms with van der Waals surface area (Å²) in [7, 11) is 0. The van der Waals surface area contributed by atoms with Gasteiger partial charge in [-0.15, -0.1) is 0 Å². The Kier molecular flexibility index (Phi) is 5.56. The van der Waals surface area contributed by atoms with E-state index >= 15 is 0 Å². The smallest absolute Gasteiger partial charge is 0.0602 e. The van der Waals surface area contributed by atoms with E-state index in [9.17, 15) is 0 Å². The third-order valence-electron chi connectivity index (χ3n) is 3.99. The third-order valence-corrected chi connectivity index (χ3v) is 3.99. The normalized spacial score (nSPS) is 17.3. The molecule has 1 fully saturated rings. The maximum atomic E-state index is 3.70. The van der Waals surface area contributed by atoms with Gasteiger partial charge in [-0.25, -0.2) is 0 Å². The van der Waals surface area contributed by atoms with Gasteiger partial charge < -0.3 is 10.2 Å². The molecule has 19 heavy (non-hydrogen) atoms. The van der Waals surface area contributed by atoms with Crippen molar-refractivity contribution in [3.05, 3.63) is 24.3 Å². The van der Waals surface area contributed by atoms with E-state index in [2.05, 4.69) is 48.3 Å². The van der Waals surface area contributed by atoms with Crippen molar-refractivity contribution in [3.8, 4) is 0 Å². The molecule has 1 heterocycles. The van der Waals surface area contributed by atoms with Crippen molar-refractivity contribution in [1.82, 2.24) is 0 Å². The van der Waals surface area contributed by atoms with Crippen LogP contribution >= 0.6 is 0 Å². The monoisotopic (exact) mass is 260 g/mol. The van der Waals surface area contributed by atoms with Crippen LogP contribution in [0.5, 0.6) is 0 Å². The number of rotatable bonds is 6. The van der Waals surface area contributed by atoms with Crippen molar-refractivity contribution >= 4 is 11.4 Å². The van der Waals surface area contributed by atoms with E-state index in [1.165, 1.54) is 63.0 Å². The van der Waals surface area contributed by atoms with Crippen molar-refractivity contribution in [2.75, 3.05) is 23.3 Å². The van der Waals surface area contributed by atoms with Crippen molar-refractivity contribution in [3.63, 3.8) is 0 Å². The van der Waals surface area contributed by atoms with Gasteiger partial charge in [0.2, 0.25) is 0 Å². The van der Waals surface area contributed by atoms with Crippen LogP contribution in [0, 0.1) is 0 Å². The first kappa shape index (κ1) is 14.2. The number of nitrogens with zero attached hydrogens (tertiary/aromatic N) is 1. The molecule has 1 unspecified atom stereocenters. The van der Waals surface area contributed by atoms with E-state index in [0.29, 0.717) is 6.04 Å². The molecular weight excluding hydrogens is 232 g/mol. The molecule has 0 bridgehead atoms. The summed E-state index contributed by atoms with van der Waals surface area (Å²) in [6, 6.07) is 9.35. The fraction of sp³-hybridized carbons (Fsp3) is 0.647. The second kappa shape index (κ2) is 7.42. The van der Waals surface area contributed by atoms with Crippen LogP contribution < -0.4 is 10.2 Å². The van der Waals surface area contributed by atoms with Crippen molar-refractivity contribution in [1.29, 1.82) is 0 Å². The van der Waals surface area contributed by atoms with Gasteiger partial charge in [-0.1, -0.05) is 31.9 Å². The summed E-state index contributed by atoms with van der Waals surface area (Å²) in [5, 5.41) is 3.70. The molecule has 0 aromatic heterocycles. The van der Waals surface area contributed by atoms with Gasteiger partial charge in [-0.2, -0.15) is 0 Å². The van der Waals surface area contributed by atoms with Gasteiger partial charge in [0.25, 0.3) is 0 Å². The highest BCUT2D eigenvalue weighted by atomic mass is 15.1. The SMILES string of the molecule is CCCCC(C)Nc1ccccc1N1CCCCC1. The highest BCUT2D eigenvalue weighted by Crippen LogP contribution is 2.29. The minimum atomic E-state index is 0.561. The third kappa shape index (κ3) is 4.15. The summed E-state index contributed by atoms with van der Waals surface area (Å²) in [4.78, 5) is 2.54. The van der Waals surface area contributed by atoms with E-state index in [1.54, 1.807) is 0 Å². The predicted molar refractivity (Wildman–Crippen MR) is 85.1 cm³/mol. The number of hydrogen-bond donors (Lipinski definition) is 1. The number of anilines is 2. The number of hydrogen-bond acceptors (Lipinski definition) is 2. The average molecular weight is 260 g/mol. The summed E-state index contributed by atoms with van der Waals surface area (Å²) in [5.41, 5.74) is 2.71. The molecule has 0 saturated carbocycles. The molecule has 0 amide bonds. The minimum Gasteiger partial charge on any atom is -0.381 e. The molecule has 1 aromatic rings. The van der Waals surface area contributed by atoms with Crippen LogP contribution in [0.25, 0.3) is 0 Å². The second-order valence-electron chi connectivity index (χ2n) is 5.75. The fourth-order valence-corrected chi connectivity index (χ4v) is 2.85. The van der Waals surface area contributed by atoms with E-state index in [1.807, 2.05) is 0 Å². The van der Waals surface area contributed by atoms with Gasteiger partial charge in [-0.3, -0.25) is 0 Å². The average Bonchev–Trinajstić information content (AvgIpc) is 2.46. The summed E-state index contributed by atoms with van der Waals surface area (Å²) in [5.74, 6) is 0. The van der Waals surface area contributed by atoms with Crippen LogP contribution in [0.2, 0.25) is 0 Å². The molecule has 0 radical (unpaired) electrons. The Hall–Kier alpha value is -1.18. The summed E-state index contributed by atoms with van der Waals surface area (Å²) < 4.78 is 0. The number of nitrogens with one attached hydrogen (secondary N) is 1. The molecule has 0 aliphatic carbocycles. The van der Waals surface area contributed by atoms with Gasteiger partial charge in [-0.05, 0) is 44.7 Å². The van der Waals surface area contributed by atoms with Crippen LogP contribution in [0.1, 0.15) is 52.4 Å². The van der Waals surface area contributed by atoms with E-state index in [4.69, 9.17) is 0 Å². The molecule has 1 aliphatic rings. The van der Waals surface area contributed by atoms with Gasteiger partial charge in [0.1, 0.15) is 0 Å². The number of unbranched alkanes of at least 4 members (excludes halogenated alkanes) is 1. The Balaban J connectivity index is 2.02. The lowest BCUT2D eigenvalue weighted by molar-refractivity contribution is 0.577. The highest BCUT2D eigenvalue weighted by Gasteiger charge is 2.14. The van der Waals surface area contributed by atoms with Crippen molar-refractivity contribution in [2.24, 2.45) is 0 Å². The van der Waals surface area contributed by atoms with E-state index in [0.717, 1.165) is 0 Å². The Bertz CT molecular complexity index is 369. The first-order chi connectivity index (χ1) is 9.31. The van der Waals surface area contributed by atoms with E-state index < -0.39 is 0 Å². The van der Waals surface area contributed by atoms with Crippen molar-refractivity contribution < 1.29 is 0 Å². The molecule has 1 aromatic carbocycles. The lowest BCUT2D eigenvalue weighted by Crippen LogP contribution is -2.30. The summed E-state index contributed by atoms with van der Waals surface area (Å²) >= 11 is 0. The Labute approximate surface area is 118 Å². The summed E-state index contributed by atoms with van der Waals surface area (Å²) in [6.45, 7) is 6.97. The highest BCUT2D eigenvalue weighted by molar-refractivity contribution is 5.70. The Morgan fingerprint density at radius 1 is 1.16 bits per heavy atom. The zero-order chi connectivity index (χ0) is 13.5. The Morgan fingerprint density at radius 2 is 1.89 bits per heavy atom. The zero-order valence-electron chi connectivity index (χ0n) is 12.5. The quantitative estimate of drug-likeness (QED) is 0.799. The molecule has 1 aliphatic heterocycles. The summed E-state index contributed by atoms with van der Waals surface area (Å²) in [6.07, 6.45) is 7.89. The standard InChI is InChI=1S/C17H28N2/c1-3-4-10-15(2)18-16-11-6-7-12-17(16)19-13-8-5-9-14-19/h6-7,11-12,15,18H,3-5,8-10,13-14H2,1-2H3. The molecule has 2 heteroatoms. The van der Waals surface area contributed by atoms with Crippen LogP contribution in [0.15, 0.2) is 24.3 Å². The van der Waals surface area contributed by atoms with Crippen LogP contribution in [0.4, 0.5) is 11.4 Å². The number of para-hydroxylation sites is 2. The molecule has 1 atom stereocenters. The zero-order valence-corrected chi connectivity index (χ0v) is 12.5. The lowest BCUT2D eigenvalue weighted by Gasteiger charge is -2.31. The van der Waals surface area contributed by atoms with Crippen LogP contribution in [-0.2, 0) is 0 Å². The van der Waals surface area contributed by atoms with Gasteiger partial charge in [0, 0.05) is 19.1 Å². The fourth-order valence-electron chi connectivity index (χ4n) is 2.85. The van der Waals surface area contributed by atoms with Crippen LogP contribution in [0.3, 0.4) is 0 Å². The number of benzene rings is 1. The largest absolute Gasteiger partial charge is 0.381 e. The van der Waals surface area contributed by atoms with Gasteiger partial charge in [0.05, 0.1) is 11.4 Å². The van der Waals surface area contributed by atoms with Gasteiger partial charge in [0.15, 0.2) is 0 Å². The molecule has 1 saturated heterocycles. The first-order valence-corrected chi connectivity index (χ1v) is 7.91. The number of piperidine rings is 1. The van der Waals surface area contributed by atoms with Crippen molar-refractivity contribution in [2.45, 2.75) is 58.4 Å². The maximum absolute atomic E-state index is 3.70. The lowest BCUT2D eigenvalue weighted by atomic mass is 10.1. The molecule has 0 spiro atoms. The predicted octanol–water partition coefficient (Wildman–Crippen LogP) is 4.67.